The second kappa shape index (κ2) is 11.9. The fourth-order valence-corrected chi connectivity index (χ4v) is 2.65. The van der Waals surface area contributed by atoms with Crippen molar-refractivity contribution in [3.05, 3.63) is 42.0 Å². The number of aromatic nitrogens is 3. The number of aryl methyl sites for hydroxylation is 1. The molecule has 0 unspecified atom stereocenters. The summed E-state index contributed by atoms with van der Waals surface area (Å²) < 4.78 is 7.91. The first kappa shape index (κ1) is 24.2. The molecule has 2 aromatic rings. The van der Waals surface area contributed by atoms with E-state index >= 15 is 0 Å². The van der Waals surface area contributed by atoms with Crippen LogP contribution in [0.15, 0.2) is 35.6 Å². The van der Waals surface area contributed by atoms with Crippen molar-refractivity contribution in [2.24, 2.45) is 4.99 Å². The number of ether oxygens (including phenoxy) is 1. The lowest BCUT2D eigenvalue weighted by atomic mass is 9.87. The van der Waals surface area contributed by atoms with E-state index in [1.807, 2.05) is 16.7 Å². The van der Waals surface area contributed by atoms with Crippen LogP contribution in [0.5, 0.6) is 5.75 Å². The Labute approximate surface area is 185 Å². The maximum Gasteiger partial charge on any atom is 0.191 e. The molecule has 7 nitrogen and oxygen atoms in total. The summed E-state index contributed by atoms with van der Waals surface area (Å²) >= 11 is 0. The molecule has 8 heteroatoms. The Bertz CT molecular complexity index is 738. The lowest BCUT2D eigenvalue weighted by Gasteiger charge is -2.20. The molecule has 0 amide bonds. The van der Waals surface area contributed by atoms with Gasteiger partial charge in [0.1, 0.15) is 24.5 Å². The van der Waals surface area contributed by atoms with Crippen LogP contribution in [0.2, 0.25) is 0 Å². The van der Waals surface area contributed by atoms with Crippen molar-refractivity contribution in [2.75, 3.05) is 26.7 Å². The zero-order valence-electron chi connectivity index (χ0n) is 17.5. The van der Waals surface area contributed by atoms with E-state index in [-0.39, 0.29) is 29.4 Å². The molecule has 0 fully saturated rings. The van der Waals surface area contributed by atoms with Gasteiger partial charge in [0.15, 0.2) is 5.96 Å². The third-order valence-corrected chi connectivity index (χ3v) is 4.24. The lowest BCUT2D eigenvalue weighted by Crippen LogP contribution is -2.40. The van der Waals surface area contributed by atoms with Gasteiger partial charge in [0.2, 0.25) is 0 Å². The van der Waals surface area contributed by atoms with Gasteiger partial charge in [-0.1, -0.05) is 39.8 Å². The molecule has 1 aromatic heterocycles. The van der Waals surface area contributed by atoms with Crippen LogP contribution in [0.1, 0.15) is 39.1 Å². The first-order valence-corrected chi connectivity index (χ1v) is 9.48. The molecule has 1 aromatic carbocycles. The number of nitrogens with one attached hydrogen (secondary N) is 2. The van der Waals surface area contributed by atoms with Crippen LogP contribution >= 0.6 is 24.0 Å². The molecule has 2 rings (SSSR count). The largest absolute Gasteiger partial charge is 0.492 e. The van der Waals surface area contributed by atoms with E-state index in [0.29, 0.717) is 13.2 Å². The molecule has 1 heterocycles. The first-order chi connectivity index (χ1) is 12.9. The quantitative estimate of drug-likeness (QED) is 0.252. The van der Waals surface area contributed by atoms with Crippen LogP contribution in [0.4, 0.5) is 0 Å². The van der Waals surface area contributed by atoms with Gasteiger partial charge < -0.3 is 19.9 Å². The Kier molecular flexibility index (Phi) is 10.3. The number of guanidine groups is 1. The van der Waals surface area contributed by atoms with Gasteiger partial charge in [-0.2, -0.15) is 0 Å². The number of rotatable bonds is 8. The summed E-state index contributed by atoms with van der Waals surface area (Å²) in [5.41, 5.74) is 1.39. The second-order valence-electron chi connectivity index (χ2n) is 7.35. The van der Waals surface area contributed by atoms with Crippen molar-refractivity contribution in [1.29, 1.82) is 0 Å². The van der Waals surface area contributed by atoms with E-state index in [1.165, 1.54) is 5.56 Å². The molecule has 0 spiro atoms. The van der Waals surface area contributed by atoms with E-state index in [9.17, 15) is 0 Å². The standard InChI is InChI=1S/C20H32N6O.HI/c1-6-18-25-24-15-26(18)12-10-22-19(21-5)23-11-13-27-17-9-7-8-16(14-17)20(2,3)4;/h7-9,14-15H,6,10-13H2,1-5H3,(H2,21,22,23);1H. The van der Waals surface area contributed by atoms with Gasteiger partial charge in [-0.3, -0.25) is 4.99 Å². The van der Waals surface area contributed by atoms with Crippen LogP contribution < -0.4 is 15.4 Å². The van der Waals surface area contributed by atoms with Gasteiger partial charge in [-0.05, 0) is 23.1 Å². The fraction of sp³-hybridized carbons (Fsp3) is 0.550. The summed E-state index contributed by atoms with van der Waals surface area (Å²) in [6, 6.07) is 8.28. The summed E-state index contributed by atoms with van der Waals surface area (Å²) in [5, 5.41) is 14.6. The maximum absolute atomic E-state index is 5.86. The summed E-state index contributed by atoms with van der Waals surface area (Å²) in [7, 11) is 1.76. The molecule has 156 valence electrons. The molecular weight excluding hydrogens is 467 g/mol. The van der Waals surface area contributed by atoms with E-state index in [1.54, 1.807) is 13.4 Å². The van der Waals surface area contributed by atoms with Crippen molar-refractivity contribution in [3.63, 3.8) is 0 Å². The molecule has 0 aliphatic carbocycles. The minimum absolute atomic E-state index is 0. The van der Waals surface area contributed by atoms with Gasteiger partial charge in [-0.15, -0.1) is 34.2 Å². The number of nitrogens with zero attached hydrogens (tertiary/aromatic N) is 4. The Balaban J connectivity index is 0.00000392. The molecule has 0 aliphatic heterocycles. The van der Waals surface area contributed by atoms with Gasteiger partial charge in [0.25, 0.3) is 0 Å². The highest BCUT2D eigenvalue weighted by Gasteiger charge is 2.13. The number of halogens is 1. The molecule has 2 N–H and O–H groups in total. The zero-order chi connectivity index (χ0) is 19.7. The summed E-state index contributed by atoms with van der Waals surface area (Å²) in [5.74, 6) is 2.64. The van der Waals surface area contributed by atoms with Gasteiger partial charge in [0, 0.05) is 26.6 Å². The van der Waals surface area contributed by atoms with Gasteiger partial charge in [0.05, 0.1) is 6.54 Å². The lowest BCUT2D eigenvalue weighted by molar-refractivity contribution is 0.321. The van der Waals surface area contributed by atoms with E-state index in [4.69, 9.17) is 4.74 Å². The average Bonchev–Trinajstić information content (AvgIpc) is 3.10. The van der Waals surface area contributed by atoms with Gasteiger partial charge in [-0.25, -0.2) is 0 Å². The van der Waals surface area contributed by atoms with E-state index < -0.39 is 0 Å². The zero-order valence-corrected chi connectivity index (χ0v) is 19.9. The van der Waals surface area contributed by atoms with Crippen molar-refractivity contribution in [1.82, 2.24) is 25.4 Å². The number of hydrogen-bond donors (Lipinski definition) is 2. The Morgan fingerprint density at radius 1 is 1.21 bits per heavy atom. The third kappa shape index (κ3) is 7.65. The molecule has 0 saturated heterocycles. The van der Waals surface area contributed by atoms with Crippen LogP contribution in [-0.2, 0) is 18.4 Å². The first-order valence-electron chi connectivity index (χ1n) is 9.48. The molecule has 0 aliphatic rings. The summed E-state index contributed by atoms with van der Waals surface area (Å²) in [6.45, 7) is 11.5. The van der Waals surface area contributed by atoms with Crippen LogP contribution in [0.3, 0.4) is 0 Å². The van der Waals surface area contributed by atoms with Crippen molar-refractivity contribution in [3.8, 4) is 5.75 Å². The second-order valence-corrected chi connectivity index (χ2v) is 7.35. The van der Waals surface area contributed by atoms with E-state index in [0.717, 1.165) is 37.0 Å². The fourth-order valence-electron chi connectivity index (χ4n) is 2.65. The number of aliphatic imine (C=N–C) groups is 1. The molecular formula is C20H33IN6O. The molecule has 28 heavy (non-hydrogen) atoms. The maximum atomic E-state index is 5.86. The van der Waals surface area contributed by atoms with Crippen molar-refractivity contribution in [2.45, 2.75) is 46.1 Å². The smallest absolute Gasteiger partial charge is 0.191 e. The van der Waals surface area contributed by atoms with Crippen LogP contribution in [0.25, 0.3) is 0 Å². The van der Waals surface area contributed by atoms with Crippen molar-refractivity contribution < 1.29 is 4.74 Å². The summed E-state index contributed by atoms with van der Waals surface area (Å²) in [6.07, 6.45) is 2.64. The molecule has 0 bridgehead atoms. The minimum atomic E-state index is 0. The predicted octanol–water partition coefficient (Wildman–Crippen LogP) is 3.00. The Morgan fingerprint density at radius 2 is 1.96 bits per heavy atom. The van der Waals surface area contributed by atoms with Gasteiger partial charge >= 0.3 is 0 Å². The monoisotopic (exact) mass is 500 g/mol. The summed E-state index contributed by atoms with van der Waals surface area (Å²) in [4.78, 5) is 4.24. The highest BCUT2D eigenvalue weighted by Crippen LogP contribution is 2.25. The molecule has 0 radical (unpaired) electrons. The normalized spacial score (nSPS) is 11.7. The van der Waals surface area contributed by atoms with E-state index in [2.05, 4.69) is 65.7 Å². The Hall–Kier alpha value is -1.84. The highest BCUT2D eigenvalue weighted by molar-refractivity contribution is 14.0. The minimum Gasteiger partial charge on any atom is -0.492 e. The van der Waals surface area contributed by atoms with Crippen LogP contribution in [0, 0.1) is 0 Å². The molecule has 0 atom stereocenters. The third-order valence-electron chi connectivity index (χ3n) is 4.24. The number of benzene rings is 1. The molecule has 0 saturated carbocycles. The predicted molar refractivity (Wildman–Crippen MR) is 125 cm³/mol. The topological polar surface area (TPSA) is 76.4 Å². The van der Waals surface area contributed by atoms with Crippen LogP contribution in [-0.4, -0.2) is 47.5 Å². The number of hydrogen-bond acceptors (Lipinski definition) is 4. The Morgan fingerprint density at radius 3 is 2.64 bits per heavy atom. The van der Waals surface area contributed by atoms with Crippen molar-refractivity contribution >= 4 is 29.9 Å². The SMILES string of the molecule is CCc1nncn1CCNC(=NC)NCCOc1cccc(C(C)(C)C)c1.I. The highest BCUT2D eigenvalue weighted by atomic mass is 127. The average molecular weight is 500 g/mol.